The Morgan fingerprint density at radius 2 is 2.33 bits per heavy atom. The van der Waals surface area contributed by atoms with Gasteiger partial charge < -0.3 is 5.73 Å². The third-order valence-electron chi connectivity index (χ3n) is 4.23. The van der Waals surface area contributed by atoms with Crippen molar-refractivity contribution in [1.29, 1.82) is 0 Å². The Morgan fingerprint density at radius 1 is 1.50 bits per heavy atom. The van der Waals surface area contributed by atoms with Crippen LogP contribution in [0.25, 0.3) is 0 Å². The van der Waals surface area contributed by atoms with Crippen molar-refractivity contribution in [3.05, 3.63) is 24.3 Å². The van der Waals surface area contributed by atoms with Crippen LogP contribution in [0.15, 0.2) is 18.6 Å². The van der Waals surface area contributed by atoms with Crippen molar-refractivity contribution in [2.24, 2.45) is 11.7 Å². The third-order valence-corrected chi connectivity index (χ3v) is 4.23. The molecule has 2 rings (SSSR count). The van der Waals surface area contributed by atoms with Crippen LogP contribution in [-0.4, -0.2) is 34.0 Å². The lowest BCUT2D eigenvalue weighted by molar-refractivity contribution is 0.0754. The second-order valence-corrected chi connectivity index (χ2v) is 5.23. The molecule has 1 aromatic rings. The van der Waals surface area contributed by atoms with Gasteiger partial charge in [-0.2, -0.15) is 0 Å². The summed E-state index contributed by atoms with van der Waals surface area (Å²) >= 11 is 0. The number of nitrogens with zero attached hydrogens (tertiary/aromatic N) is 3. The van der Waals surface area contributed by atoms with Gasteiger partial charge in [-0.1, -0.05) is 13.3 Å². The summed E-state index contributed by atoms with van der Waals surface area (Å²) < 4.78 is 0. The molecular formula is C14H24N4. The predicted octanol–water partition coefficient (Wildman–Crippen LogP) is 1.99. The van der Waals surface area contributed by atoms with E-state index < -0.39 is 0 Å². The quantitative estimate of drug-likeness (QED) is 0.885. The highest BCUT2D eigenvalue weighted by Crippen LogP contribution is 2.30. The minimum atomic E-state index is 0.310. The van der Waals surface area contributed by atoms with Gasteiger partial charge in [0.1, 0.15) is 0 Å². The van der Waals surface area contributed by atoms with E-state index in [1.165, 1.54) is 19.3 Å². The van der Waals surface area contributed by atoms with Crippen LogP contribution in [0.1, 0.15) is 44.8 Å². The van der Waals surface area contributed by atoms with Crippen LogP contribution in [0.4, 0.5) is 0 Å². The molecule has 3 atom stereocenters. The topological polar surface area (TPSA) is 55.0 Å². The second-order valence-electron chi connectivity index (χ2n) is 5.23. The molecule has 1 aromatic heterocycles. The molecular weight excluding hydrogens is 224 g/mol. The normalized spacial score (nSPS) is 27.1. The first-order valence-electron chi connectivity index (χ1n) is 6.98. The molecule has 0 radical (unpaired) electrons. The highest BCUT2D eigenvalue weighted by Gasteiger charge is 2.30. The van der Waals surface area contributed by atoms with Crippen molar-refractivity contribution in [2.45, 2.75) is 45.2 Å². The zero-order valence-corrected chi connectivity index (χ0v) is 11.4. The zero-order valence-electron chi connectivity index (χ0n) is 11.4. The van der Waals surface area contributed by atoms with Crippen molar-refractivity contribution in [3.8, 4) is 0 Å². The van der Waals surface area contributed by atoms with Crippen LogP contribution in [0, 0.1) is 5.92 Å². The maximum atomic E-state index is 5.95. The van der Waals surface area contributed by atoms with Crippen molar-refractivity contribution in [2.75, 3.05) is 13.1 Å². The number of aromatic nitrogens is 2. The number of hydrogen-bond donors (Lipinski definition) is 1. The average molecular weight is 248 g/mol. The monoisotopic (exact) mass is 248 g/mol. The van der Waals surface area contributed by atoms with E-state index in [1.54, 1.807) is 12.4 Å². The van der Waals surface area contributed by atoms with Crippen molar-refractivity contribution < 1.29 is 0 Å². The highest BCUT2D eigenvalue weighted by molar-refractivity contribution is 5.03. The zero-order chi connectivity index (χ0) is 13.0. The van der Waals surface area contributed by atoms with Crippen LogP contribution in [-0.2, 0) is 0 Å². The molecule has 3 unspecified atom stereocenters. The first-order valence-corrected chi connectivity index (χ1v) is 6.98. The third kappa shape index (κ3) is 2.87. The number of hydrogen-bond acceptors (Lipinski definition) is 4. The van der Waals surface area contributed by atoms with Gasteiger partial charge in [-0.15, -0.1) is 0 Å². The summed E-state index contributed by atoms with van der Waals surface area (Å²) in [6.07, 6.45) is 9.12. The van der Waals surface area contributed by atoms with Gasteiger partial charge in [0.05, 0.1) is 11.7 Å². The first-order chi connectivity index (χ1) is 8.76. The fourth-order valence-corrected chi connectivity index (χ4v) is 2.96. The largest absolute Gasteiger partial charge is 0.329 e. The summed E-state index contributed by atoms with van der Waals surface area (Å²) in [5, 5.41) is 0. The molecule has 4 nitrogen and oxygen atoms in total. The second kappa shape index (κ2) is 6.25. The molecule has 0 saturated carbocycles. The van der Waals surface area contributed by atoms with Gasteiger partial charge in [-0.25, -0.2) is 0 Å². The molecule has 1 aliphatic rings. The molecule has 0 amide bonds. The average Bonchev–Trinajstić information content (AvgIpc) is 2.46. The molecule has 0 spiro atoms. The van der Waals surface area contributed by atoms with Gasteiger partial charge in [-0.3, -0.25) is 14.9 Å². The number of nitrogens with two attached hydrogens (primary N) is 1. The summed E-state index contributed by atoms with van der Waals surface area (Å²) in [7, 11) is 0. The maximum Gasteiger partial charge on any atom is 0.0755 e. The molecule has 0 aliphatic carbocycles. The van der Waals surface area contributed by atoms with Gasteiger partial charge in [0.15, 0.2) is 0 Å². The minimum absolute atomic E-state index is 0.310. The highest BCUT2D eigenvalue weighted by atomic mass is 15.2. The van der Waals surface area contributed by atoms with E-state index in [1.807, 2.05) is 6.20 Å². The Kier molecular flexibility index (Phi) is 4.66. The van der Waals surface area contributed by atoms with E-state index >= 15 is 0 Å². The molecule has 2 N–H and O–H groups in total. The fourth-order valence-electron chi connectivity index (χ4n) is 2.96. The fraction of sp³-hybridized carbons (Fsp3) is 0.714. The molecule has 100 valence electrons. The number of likely N-dealkylation sites (tertiary alicyclic amines) is 1. The van der Waals surface area contributed by atoms with E-state index in [4.69, 9.17) is 5.73 Å². The lowest BCUT2D eigenvalue weighted by Crippen LogP contribution is -2.47. The summed E-state index contributed by atoms with van der Waals surface area (Å²) in [4.78, 5) is 11.1. The molecule has 18 heavy (non-hydrogen) atoms. The van der Waals surface area contributed by atoms with Crippen molar-refractivity contribution in [1.82, 2.24) is 14.9 Å². The molecule has 2 heterocycles. The molecule has 0 aromatic carbocycles. The molecule has 1 saturated heterocycles. The lowest BCUT2D eigenvalue weighted by atomic mass is 9.88. The Bertz CT molecular complexity index is 354. The summed E-state index contributed by atoms with van der Waals surface area (Å²) in [6.45, 7) is 6.35. The first kappa shape index (κ1) is 13.4. The standard InChI is InChI=1S/C14H24N4/c1-3-12-4-7-18(13(8-12)9-15)11(2)14-10-16-5-6-17-14/h5-6,10-13H,3-4,7-9,15H2,1-2H3. The number of rotatable bonds is 4. The van der Waals surface area contributed by atoms with Gasteiger partial charge in [0.2, 0.25) is 0 Å². The minimum Gasteiger partial charge on any atom is -0.329 e. The van der Waals surface area contributed by atoms with Crippen molar-refractivity contribution in [3.63, 3.8) is 0 Å². The maximum absolute atomic E-state index is 5.95. The Morgan fingerprint density at radius 3 is 2.94 bits per heavy atom. The van der Waals surface area contributed by atoms with Crippen LogP contribution >= 0.6 is 0 Å². The van der Waals surface area contributed by atoms with Crippen LogP contribution in [0.5, 0.6) is 0 Å². The summed E-state index contributed by atoms with van der Waals surface area (Å²) in [6, 6.07) is 0.797. The van der Waals surface area contributed by atoms with E-state index in [9.17, 15) is 0 Å². The van der Waals surface area contributed by atoms with Gasteiger partial charge in [-0.05, 0) is 32.2 Å². The van der Waals surface area contributed by atoms with Crippen LogP contribution in [0.3, 0.4) is 0 Å². The smallest absolute Gasteiger partial charge is 0.0755 e. The molecule has 1 fully saturated rings. The van der Waals surface area contributed by atoms with E-state index in [-0.39, 0.29) is 0 Å². The predicted molar refractivity (Wildman–Crippen MR) is 73.0 cm³/mol. The summed E-state index contributed by atoms with van der Waals surface area (Å²) in [5.74, 6) is 0.837. The Balaban J connectivity index is 2.07. The van der Waals surface area contributed by atoms with E-state index in [0.717, 1.165) is 24.7 Å². The van der Waals surface area contributed by atoms with Crippen LogP contribution < -0.4 is 5.73 Å². The molecule has 4 heteroatoms. The number of piperidine rings is 1. The lowest BCUT2D eigenvalue weighted by Gasteiger charge is -2.42. The van der Waals surface area contributed by atoms with Crippen molar-refractivity contribution >= 4 is 0 Å². The van der Waals surface area contributed by atoms with E-state index in [2.05, 4.69) is 28.7 Å². The van der Waals surface area contributed by atoms with E-state index in [0.29, 0.717) is 12.1 Å². The molecule has 1 aliphatic heterocycles. The summed E-state index contributed by atoms with van der Waals surface area (Å²) in [5.41, 5.74) is 7.00. The Hall–Kier alpha value is -1.00. The van der Waals surface area contributed by atoms with Gasteiger partial charge in [0.25, 0.3) is 0 Å². The van der Waals surface area contributed by atoms with Gasteiger partial charge >= 0.3 is 0 Å². The Labute approximate surface area is 110 Å². The van der Waals surface area contributed by atoms with Gasteiger partial charge in [0, 0.05) is 31.2 Å². The van der Waals surface area contributed by atoms with Crippen LogP contribution in [0.2, 0.25) is 0 Å². The SMILES string of the molecule is CCC1CCN(C(C)c2cnccn2)C(CN)C1. The molecule has 0 bridgehead atoms.